The van der Waals surface area contributed by atoms with Gasteiger partial charge in [-0.3, -0.25) is 4.79 Å². The fraction of sp³-hybridized carbons (Fsp3) is 0.0455. The van der Waals surface area contributed by atoms with Crippen LogP contribution in [0.5, 0.6) is 5.75 Å². The minimum atomic E-state index is -0.808. The molecule has 0 unspecified atom stereocenters. The summed E-state index contributed by atoms with van der Waals surface area (Å²) >= 11 is 0. The molecule has 0 aliphatic rings. The quantitative estimate of drug-likeness (QED) is 0.417. The highest BCUT2D eigenvalue weighted by Gasteiger charge is 2.18. The second-order valence-corrected chi connectivity index (χ2v) is 6.24. The van der Waals surface area contributed by atoms with E-state index >= 15 is 0 Å². The molecule has 0 bridgehead atoms. The van der Waals surface area contributed by atoms with Crippen molar-refractivity contribution in [2.45, 2.75) is 0 Å². The summed E-state index contributed by atoms with van der Waals surface area (Å²) in [6, 6.07) is 18.7. The Morgan fingerprint density at radius 1 is 1.24 bits per heavy atom. The molecule has 0 fully saturated rings. The van der Waals surface area contributed by atoms with Crippen molar-refractivity contribution in [2.75, 3.05) is 7.11 Å². The smallest absolute Gasteiger partial charge is 0.259 e. The zero-order chi connectivity index (χ0) is 20.4. The molecule has 0 saturated heterocycles. The number of rotatable bonds is 5. The van der Waals surface area contributed by atoms with Crippen LogP contribution in [0.1, 0.15) is 5.56 Å². The normalized spacial score (nSPS) is 11.4. The molecular formula is C22H16N4O3. The molecule has 142 valence electrons. The number of furan rings is 1. The van der Waals surface area contributed by atoms with Gasteiger partial charge in [0.05, 0.1) is 12.8 Å². The first kappa shape index (κ1) is 18.1. The number of benzene rings is 2. The average molecular weight is 384 g/mol. The number of aromatic nitrogens is 2. The standard InChI is InChI=1S/C22H16N4O3/c1-28-18-9-5-6-14-11-19(29-21(14)18)20-16(10-15(12-23)22(24)27)13-26(25-20)17-7-3-2-4-8-17/h2-11,13H,1H3,(H2,24,27). The highest BCUT2D eigenvalue weighted by molar-refractivity contribution is 6.01. The fourth-order valence-corrected chi connectivity index (χ4v) is 3.03. The van der Waals surface area contributed by atoms with Gasteiger partial charge in [0, 0.05) is 17.1 Å². The number of para-hydroxylation sites is 2. The van der Waals surface area contributed by atoms with Crippen LogP contribution < -0.4 is 10.5 Å². The fourth-order valence-electron chi connectivity index (χ4n) is 3.03. The number of nitrogens with two attached hydrogens (primary N) is 1. The van der Waals surface area contributed by atoms with Gasteiger partial charge in [-0.2, -0.15) is 10.4 Å². The molecule has 2 heterocycles. The third kappa shape index (κ3) is 3.35. The van der Waals surface area contributed by atoms with Crippen LogP contribution in [0.4, 0.5) is 0 Å². The summed E-state index contributed by atoms with van der Waals surface area (Å²) in [5, 5.41) is 14.7. The molecule has 7 heteroatoms. The number of primary amides is 1. The maximum atomic E-state index is 11.5. The Kier molecular flexibility index (Phi) is 4.59. The van der Waals surface area contributed by atoms with E-state index in [9.17, 15) is 10.1 Å². The number of carbonyl (C=O) groups is 1. The van der Waals surface area contributed by atoms with Crippen LogP contribution in [-0.2, 0) is 4.79 Å². The number of ether oxygens (including phenoxy) is 1. The van der Waals surface area contributed by atoms with Crippen LogP contribution in [-0.4, -0.2) is 22.8 Å². The average Bonchev–Trinajstić information content (AvgIpc) is 3.36. The first-order chi connectivity index (χ1) is 14.1. The maximum absolute atomic E-state index is 11.5. The Morgan fingerprint density at radius 3 is 2.72 bits per heavy atom. The number of methoxy groups -OCH3 is 1. The number of nitrogens with zero attached hydrogens (tertiary/aromatic N) is 3. The van der Waals surface area contributed by atoms with Crippen LogP contribution >= 0.6 is 0 Å². The largest absolute Gasteiger partial charge is 0.493 e. The molecule has 29 heavy (non-hydrogen) atoms. The Balaban J connectivity index is 1.93. The molecule has 0 radical (unpaired) electrons. The lowest BCUT2D eigenvalue weighted by Gasteiger charge is -1.99. The van der Waals surface area contributed by atoms with Crippen LogP contribution in [0.3, 0.4) is 0 Å². The zero-order valence-electron chi connectivity index (χ0n) is 15.5. The summed E-state index contributed by atoms with van der Waals surface area (Å²) in [5.41, 5.74) is 7.54. The number of nitriles is 1. The molecule has 4 rings (SSSR count). The Hall–Kier alpha value is -4.31. The summed E-state index contributed by atoms with van der Waals surface area (Å²) in [5.74, 6) is 0.271. The van der Waals surface area contributed by atoms with Crippen molar-refractivity contribution in [1.29, 1.82) is 5.26 Å². The lowest BCUT2D eigenvalue weighted by atomic mass is 10.1. The topological polar surface area (TPSA) is 107 Å². The highest BCUT2D eigenvalue weighted by atomic mass is 16.5. The SMILES string of the molecule is COc1cccc2cc(-c3nn(-c4ccccc4)cc3C=C(C#N)C(N)=O)oc12. The molecule has 2 aromatic carbocycles. The summed E-state index contributed by atoms with van der Waals surface area (Å²) in [4.78, 5) is 11.5. The number of carbonyl (C=O) groups excluding carboxylic acids is 1. The van der Waals surface area contributed by atoms with Gasteiger partial charge in [0.15, 0.2) is 17.1 Å². The van der Waals surface area contributed by atoms with Gasteiger partial charge >= 0.3 is 0 Å². The summed E-state index contributed by atoms with van der Waals surface area (Å²) in [7, 11) is 1.57. The predicted octanol–water partition coefficient (Wildman–Crippen LogP) is 3.69. The summed E-state index contributed by atoms with van der Waals surface area (Å²) < 4.78 is 13.0. The third-order valence-electron chi connectivity index (χ3n) is 4.41. The minimum absolute atomic E-state index is 0.174. The van der Waals surface area contributed by atoms with Crippen LogP contribution in [0.25, 0.3) is 34.2 Å². The molecule has 0 aliphatic carbocycles. The van der Waals surface area contributed by atoms with Crippen molar-refractivity contribution in [1.82, 2.24) is 9.78 Å². The molecule has 2 aromatic heterocycles. The molecule has 0 spiro atoms. The summed E-state index contributed by atoms with van der Waals surface area (Å²) in [6.45, 7) is 0. The first-order valence-electron chi connectivity index (χ1n) is 8.74. The van der Waals surface area contributed by atoms with Crippen LogP contribution in [0, 0.1) is 11.3 Å². The van der Waals surface area contributed by atoms with Crippen molar-refractivity contribution < 1.29 is 13.9 Å². The molecule has 0 atom stereocenters. The van der Waals surface area contributed by atoms with Crippen molar-refractivity contribution in [2.24, 2.45) is 5.73 Å². The zero-order valence-corrected chi connectivity index (χ0v) is 15.5. The molecule has 4 aromatic rings. The first-order valence-corrected chi connectivity index (χ1v) is 8.74. The number of hydrogen-bond donors (Lipinski definition) is 1. The van der Waals surface area contributed by atoms with Gasteiger partial charge in [-0.1, -0.05) is 30.3 Å². The predicted molar refractivity (Wildman–Crippen MR) is 108 cm³/mol. The second-order valence-electron chi connectivity index (χ2n) is 6.24. The van der Waals surface area contributed by atoms with Gasteiger partial charge in [0.2, 0.25) is 0 Å². The van der Waals surface area contributed by atoms with E-state index in [1.54, 1.807) is 24.1 Å². The van der Waals surface area contributed by atoms with Crippen LogP contribution in [0.15, 0.2) is 70.8 Å². The molecule has 0 aliphatic heterocycles. The molecule has 7 nitrogen and oxygen atoms in total. The lowest BCUT2D eigenvalue weighted by molar-refractivity contribution is -0.114. The Bertz CT molecular complexity index is 1280. The summed E-state index contributed by atoms with van der Waals surface area (Å²) in [6.07, 6.45) is 3.13. The van der Waals surface area contributed by atoms with E-state index < -0.39 is 5.91 Å². The van der Waals surface area contributed by atoms with Crippen molar-refractivity contribution in [3.8, 4) is 29.0 Å². The van der Waals surface area contributed by atoms with Gasteiger partial charge in [0.25, 0.3) is 5.91 Å². The van der Waals surface area contributed by atoms with Gasteiger partial charge in [-0.05, 0) is 30.3 Å². The second kappa shape index (κ2) is 7.37. The van der Waals surface area contributed by atoms with E-state index in [1.807, 2.05) is 54.6 Å². The Labute approximate surface area is 166 Å². The molecule has 1 amide bonds. The Morgan fingerprint density at radius 2 is 2.03 bits per heavy atom. The van der Waals surface area contributed by atoms with E-state index in [4.69, 9.17) is 14.9 Å². The van der Waals surface area contributed by atoms with Gasteiger partial charge in [-0.25, -0.2) is 4.68 Å². The van der Waals surface area contributed by atoms with Gasteiger partial charge in [0.1, 0.15) is 17.3 Å². The molecular weight excluding hydrogens is 368 g/mol. The van der Waals surface area contributed by atoms with Gasteiger partial charge < -0.3 is 14.9 Å². The highest BCUT2D eigenvalue weighted by Crippen LogP contribution is 2.35. The number of fused-ring (bicyclic) bond motifs is 1. The van der Waals surface area contributed by atoms with Crippen LogP contribution in [0.2, 0.25) is 0 Å². The van der Waals surface area contributed by atoms with Crippen molar-refractivity contribution in [3.05, 3.63) is 71.9 Å². The van der Waals surface area contributed by atoms with Gasteiger partial charge in [-0.15, -0.1) is 0 Å². The third-order valence-corrected chi connectivity index (χ3v) is 4.41. The van der Waals surface area contributed by atoms with E-state index in [-0.39, 0.29) is 5.57 Å². The number of hydrogen-bond acceptors (Lipinski definition) is 5. The van der Waals surface area contributed by atoms with Crippen molar-refractivity contribution in [3.63, 3.8) is 0 Å². The van der Waals surface area contributed by atoms with E-state index in [0.29, 0.717) is 28.4 Å². The maximum Gasteiger partial charge on any atom is 0.259 e. The van der Waals surface area contributed by atoms with E-state index in [0.717, 1.165) is 11.1 Å². The van der Waals surface area contributed by atoms with Crippen molar-refractivity contribution >= 4 is 23.0 Å². The van der Waals surface area contributed by atoms with E-state index in [2.05, 4.69) is 5.10 Å². The number of amides is 1. The molecule has 0 saturated carbocycles. The molecule has 2 N–H and O–H groups in total. The minimum Gasteiger partial charge on any atom is -0.493 e. The monoisotopic (exact) mass is 384 g/mol. The van der Waals surface area contributed by atoms with E-state index in [1.165, 1.54) is 6.08 Å². The lowest BCUT2D eigenvalue weighted by Crippen LogP contribution is -2.12.